The number of hydrogen-bond acceptors (Lipinski definition) is 2. The second-order valence-electron chi connectivity index (χ2n) is 11.9. The predicted octanol–water partition coefficient (Wildman–Crippen LogP) is 13.1. The van der Waals surface area contributed by atoms with Gasteiger partial charge in [-0.25, -0.2) is 0 Å². The molecule has 0 amide bonds. The molecule has 0 aliphatic carbocycles. The van der Waals surface area contributed by atoms with E-state index in [0.29, 0.717) is 0 Å². The summed E-state index contributed by atoms with van der Waals surface area (Å²) in [6, 6.07) is 55.6. The fourth-order valence-corrected chi connectivity index (χ4v) is 8.10. The van der Waals surface area contributed by atoms with E-state index < -0.39 is 0 Å². The Bertz CT molecular complexity index is 2330. The number of anilines is 3. The zero-order valence-corrected chi connectivity index (χ0v) is 27.0. The van der Waals surface area contributed by atoms with Gasteiger partial charge in [0.05, 0.1) is 0 Å². The Labute approximate surface area is 275 Å². The zero-order valence-electron chi connectivity index (χ0n) is 26.2. The molecule has 1 nitrogen and oxygen atoms in total. The van der Waals surface area contributed by atoms with E-state index in [1.54, 1.807) is 0 Å². The smallest absolute Gasteiger partial charge is 0.0467 e. The lowest BCUT2D eigenvalue weighted by atomic mass is 9.90. The number of rotatable bonds is 7. The highest BCUT2D eigenvalue weighted by Crippen LogP contribution is 2.43. The molecule has 0 bridgehead atoms. The molecule has 1 heterocycles. The fraction of sp³-hybridized carbons (Fsp3) is 0.0909. The highest BCUT2D eigenvalue weighted by atomic mass is 32.1. The van der Waals surface area contributed by atoms with Gasteiger partial charge in [0.2, 0.25) is 0 Å². The molecule has 8 rings (SSSR count). The maximum Gasteiger partial charge on any atom is 0.0467 e. The van der Waals surface area contributed by atoms with Gasteiger partial charge in [-0.05, 0) is 112 Å². The van der Waals surface area contributed by atoms with Gasteiger partial charge in [0, 0.05) is 37.2 Å². The first-order chi connectivity index (χ1) is 22.7. The highest BCUT2D eigenvalue weighted by molar-refractivity contribution is 7.25. The SMILES string of the molecule is CCc1ccc(N(c2ccccc2)c2ccc(-c3ccc4ccccc4c3)cc2)cc1-c1ccc2sc3ccccc3c2c1CC. The summed E-state index contributed by atoms with van der Waals surface area (Å²) in [6.45, 7) is 4.57. The number of fused-ring (bicyclic) bond motifs is 4. The monoisotopic (exact) mass is 609 g/mol. The maximum atomic E-state index is 2.41. The lowest BCUT2D eigenvalue weighted by molar-refractivity contribution is 1.12. The van der Waals surface area contributed by atoms with Gasteiger partial charge < -0.3 is 4.90 Å². The summed E-state index contributed by atoms with van der Waals surface area (Å²) in [5.41, 5.74) is 11.4. The van der Waals surface area contributed by atoms with Crippen LogP contribution in [0.3, 0.4) is 0 Å². The molecule has 222 valence electrons. The van der Waals surface area contributed by atoms with Gasteiger partial charge >= 0.3 is 0 Å². The third-order valence-electron chi connectivity index (χ3n) is 9.25. The molecule has 2 heteroatoms. The predicted molar refractivity (Wildman–Crippen MR) is 201 cm³/mol. The van der Waals surface area contributed by atoms with Gasteiger partial charge in [-0.2, -0.15) is 0 Å². The van der Waals surface area contributed by atoms with E-state index in [-0.39, 0.29) is 0 Å². The van der Waals surface area contributed by atoms with Crippen molar-refractivity contribution in [3.8, 4) is 22.3 Å². The quantitative estimate of drug-likeness (QED) is 0.174. The Morgan fingerprint density at radius 3 is 1.98 bits per heavy atom. The van der Waals surface area contributed by atoms with Crippen LogP contribution < -0.4 is 4.90 Å². The van der Waals surface area contributed by atoms with Crippen LogP contribution in [0.2, 0.25) is 0 Å². The molecule has 0 aliphatic rings. The van der Waals surface area contributed by atoms with Crippen molar-refractivity contribution in [2.24, 2.45) is 0 Å². The Hall–Kier alpha value is -5.18. The molecule has 0 saturated heterocycles. The minimum Gasteiger partial charge on any atom is -0.310 e. The van der Waals surface area contributed by atoms with Gasteiger partial charge in [-0.1, -0.05) is 111 Å². The van der Waals surface area contributed by atoms with Gasteiger partial charge in [0.15, 0.2) is 0 Å². The van der Waals surface area contributed by atoms with E-state index in [0.717, 1.165) is 29.9 Å². The molecule has 0 radical (unpaired) electrons. The van der Waals surface area contributed by atoms with Crippen molar-refractivity contribution in [2.75, 3.05) is 4.90 Å². The average Bonchev–Trinajstić information content (AvgIpc) is 3.51. The Kier molecular flexibility index (Phi) is 7.36. The largest absolute Gasteiger partial charge is 0.310 e. The molecule has 0 N–H and O–H groups in total. The lowest BCUT2D eigenvalue weighted by Gasteiger charge is -2.27. The molecule has 0 unspecified atom stereocenters. The van der Waals surface area contributed by atoms with Crippen molar-refractivity contribution in [1.82, 2.24) is 0 Å². The second kappa shape index (κ2) is 12.0. The van der Waals surface area contributed by atoms with E-state index in [1.165, 1.54) is 64.3 Å². The minimum absolute atomic E-state index is 0.979. The van der Waals surface area contributed by atoms with Crippen LogP contribution in [0.4, 0.5) is 17.1 Å². The minimum atomic E-state index is 0.979. The average molecular weight is 610 g/mol. The van der Waals surface area contributed by atoms with Gasteiger partial charge in [0.1, 0.15) is 0 Å². The molecule has 1 aromatic heterocycles. The number of benzene rings is 7. The molecule has 0 saturated carbocycles. The fourth-order valence-electron chi connectivity index (χ4n) is 6.97. The van der Waals surface area contributed by atoms with E-state index in [9.17, 15) is 0 Å². The van der Waals surface area contributed by atoms with Crippen molar-refractivity contribution < 1.29 is 0 Å². The van der Waals surface area contributed by atoms with Crippen LogP contribution in [-0.2, 0) is 12.8 Å². The van der Waals surface area contributed by atoms with Crippen LogP contribution in [0.15, 0.2) is 152 Å². The van der Waals surface area contributed by atoms with Crippen molar-refractivity contribution in [3.63, 3.8) is 0 Å². The Morgan fingerprint density at radius 2 is 1.17 bits per heavy atom. The third-order valence-corrected chi connectivity index (χ3v) is 10.4. The van der Waals surface area contributed by atoms with Crippen molar-refractivity contribution in [1.29, 1.82) is 0 Å². The van der Waals surface area contributed by atoms with Crippen LogP contribution in [0.1, 0.15) is 25.0 Å². The first kappa shape index (κ1) is 28.3. The lowest BCUT2D eigenvalue weighted by Crippen LogP contribution is -2.10. The number of para-hydroxylation sites is 1. The molecule has 0 fully saturated rings. The maximum absolute atomic E-state index is 2.41. The summed E-state index contributed by atoms with van der Waals surface area (Å²) in [7, 11) is 0. The molecule has 8 aromatic rings. The van der Waals surface area contributed by atoms with Crippen LogP contribution >= 0.6 is 11.3 Å². The summed E-state index contributed by atoms with van der Waals surface area (Å²) in [4.78, 5) is 2.39. The summed E-state index contributed by atoms with van der Waals surface area (Å²) < 4.78 is 2.73. The summed E-state index contributed by atoms with van der Waals surface area (Å²) in [5.74, 6) is 0. The van der Waals surface area contributed by atoms with Gasteiger partial charge in [0.25, 0.3) is 0 Å². The van der Waals surface area contributed by atoms with Crippen LogP contribution in [-0.4, -0.2) is 0 Å². The van der Waals surface area contributed by atoms with Crippen molar-refractivity contribution >= 4 is 59.3 Å². The number of nitrogens with zero attached hydrogens (tertiary/aromatic N) is 1. The summed E-state index contributed by atoms with van der Waals surface area (Å²) in [6.07, 6.45) is 1.96. The molecule has 0 aliphatic heterocycles. The molecule has 7 aromatic carbocycles. The number of hydrogen-bond donors (Lipinski definition) is 0. The standard InChI is InChI=1S/C44H35NS/c1-3-30-20-25-37(29-41(30)39-26-27-43-44(38(39)4-2)40-16-10-11-17-42(40)46-43)45(35-14-6-5-7-15-35)36-23-21-32(22-24-36)34-19-18-31-12-8-9-13-33(31)28-34/h5-29H,3-4H2,1-2H3. The highest BCUT2D eigenvalue weighted by Gasteiger charge is 2.19. The molecule has 0 atom stereocenters. The molecular formula is C44H35NS. The van der Waals surface area contributed by atoms with Crippen LogP contribution in [0.5, 0.6) is 0 Å². The number of thiophene rings is 1. The normalized spacial score (nSPS) is 11.4. The zero-order chi connectivity index (χ0) is 31.0. The molecule has 46 heavy (non-hydrogen) atoms. The molecule has 0 spiro atoms. The molecular weight excluding hydrogens is 575 g/mol. The topological polar surface area (TPSA) is 3.24 Å². The van der Waals surface area contributed by atoms with E-state index in [1.807, 2.05) is 11.3 Å². The second-order valence-corrected chi connectivity index (χ2v) is 13.0. The first-order valence-corrected chi connectivity index (χ1v) is 17.0. The van der Waals surface area contributed by atoms with Crippen LogP contribution in [0, 0.1) is 0 Å². The summed E-state index contributed by atoms with van der Waals surface area (Å²) >= 11 is 1.90. The Balaban J connectivity index is 1.26. The van der Waals surface area contributed by atoms with Gasteiger partial charge in [-0.3, -0.25) is 0 Å². The first-order valence-electron chi connectivity index (χ1n) is 16.2. The van der Waals surface area contributed by atoms with E-state index in [4.69, 9.17) is 0 Å². The van der Waals surface area contributed by atoms with Crippen molar-refractivity contribution in [2.45, 2.75) is 26.7 Å². The van der Waals surface area contributed by atoms with Crippen molar-refractivity contribution in [3.05, 3.63) is 163 Å². The third kappa shape index (κ3) is 4.96. The van der Waals surface area contributed by atoms with E-state index in [2.05, 4.69) is 170 Å². The Morgan fingerprint density at radius 1 is 0.478 bits per heavy atom. The van der Waals surface area contributed by atoms with E-state index >= 15 is 0 Å². The van der Waals surface area contributed by atoms with Gasteiger partial charge in [-0.15, -0.1) is 11.3 Å². The summed E-state index contributed by atoms with van der Waals surface area (Å²) in [5, 5.41) is 5.31. The number of aryl methyl sites for hydroxylation is 2. The van der Waals surface area contributed by atoms with Crippen LogP contribution in [0.25, 0.3) is 53.2 Å².